The van der Waals surface area contributed by atoms with E-state index in [9.17, 15) is 4.79 Å². The number of nitrogens with one attached hydrogen (secondary N) is 1. The van der Waals surface area contributed by atoms with E-state index in [2.05, 4.69) is 5.32 Å². The van der Waals surface area contributed by atoms with Gasteiger partial charge in [-0.15, -0.1) is 0 Å². The highest BCUT2D eigenvalue weighted by molar-refractivity contribution is 5.81. The molecule has 1 N–H and O–H groups in total. The number of methoxy groups -OCH3 is 1. The van der Waals surface area contributed by atoms with Crippen molar-refractivity contribution in [2.45, 2.75) is 58.3 Å². The third-order valence-electron chi connectivity index (χ3n) is 4.96. The molecule has 1 amide bonds. The first-order valence-electron chi connectivity index (χ1n) is 9.72. The predicted molar refractivity (Wildman–Crippen MR) is 109 cm³/mol. The lowest BCUT2D eigenvalue weighted by molar-refractivity contribution is -0.129. The monoisotopic (exact) mass is 383 g/mol. The molecule has 2 unspecified atom stereocenters. The number of carbonyl (C=O) groups excluding carboxylic acids is 1. The largest absolute Gasteiger partial charge is 0.497 e. The topological polar surface area (TPSA) is 56.8 Å². The highest BCUT2D eigenvalue weighted by Gasteiger charge is 2.36. The van der Waals surface area contributed by atoms with Gasteiger partial charge in [0, 0.05) is 18.1 Å². The van der Waals surface area contributed by atoms with E-state index in [0.717, 1.165) is 22.6 Å². The zero-order chi connectivity index (χ0) is 20.3. The summed E-state index contributed by atoms with van der Waals surface area (Å²) < 4.78 is 17.3. The van der Waals surface area contributed by atoms with Gasteiger partial charge >= 0.3 is 0 Å². The molecular formula is C23H29NO4. The number of ether oxygens (including phenoxy) is 3. The van der Waals surface area contributed by atoms with Gasteiger partial charge in [-0.05, 0) is 51.5 Å². The van der Waals surface area contributed by atoms with Crippen LogP contribution in [0.5, 0.6) is 17.2 Å². The number of fused-ring (bicyclic) bond motifs is 1. The molecule has 1 aliphatic rings. The Morgan fingerprint density at radius 2 is 1.89 bits per heavy atom. The van der Waals surface area contributed by atoms with E-state index in [1.165, 1.54) is 0 Å². The Kier molecular flexibility index (Phi) is 5.82. The molecule has 0 saturated carbocycles. The van der Waals surface area contributed by atoms with Gasteiger partial charge in [0.25, 0.3) is 5.91 Å². The minimum absolute atomic E-state index is 0.118. The zero-order valence-electron chi connectivity index (χ0n) is 17.2. The van der Waals surface area contributed by atoms with Gasteiger partial charge in [-0.2, -0.15) is 0 Å². The standard InChI is InChI=1S/C23H29NO4/c1-6-20(27-16-9-7-15(2)8-10-16)22(25)24-19-14-23(3,4)28-21-13-17(26-5)11-12-18(19)21/h7-13,19-20H,6,14H2,1-5H3,(H,24,25). The van der Waals surface area contributed by atoms with E-state index >= 15 is 0 Å². The van der Waals surface area contributed by atoms with E-state index in [1.54, 1.807) is 7.11 Å². The lowest BCUT2D eigenvalue weighted by Gasteiger charge is -2.38. The molecule has 5 heteroatoms. The molecule has 0 aliphatic carbocycles. The Morgan fingerprint density at radius 3 is 2.54 bits per heavy atom. The molecule has 0 radical (unpaired) electrons. The minimum Gasteiger partial charge on any atom is -0.497 e. The summed E-state index contributed by atoms with van der Waals surface area (Å²) in [5, 5.41) is 3.17. The molecule has 0 aromatic heterocycles. The number of hydrogen-bond acceptors (Lipinski definition) is 4. The van der Waals surface area contributed by atoms with Gasteiger partial charge in [0.1, 0.15) is 22.8 Å². The van der Waals surface area contributed by atoms with Gasteiger partial charge in [0.2, 0.25) is 0 Å². The normalized spacial score (nSPS) is 18.4. The molecule has 2 atom stereocenters. The van der Waals surface area contributed by atoms with Gasteiger partial charge in [-0.25, -0.2) is 0 Å². The molecule has 0 saturated heterocycles. The maximum absolute atomic E-state index is 13.0. The van der Waals surface area contributed by atoms with Crippen molar-refractivity contribution >= 4 is 5.91 Å². The number of aryl methyl sites for hydroxylation is 1. The Hall–Kier alpha value is -2.69. The van der Waals surface area contributed by atoms with E-state index in [0.29, 0.717) is 18.6 Å². The number of amides is 1. The third kappa shape index (κ3) is 4.58. The van der Waals surface area contributed by atoms with Crippen molar-refractivity contribution in [3.05, 3.63) is 53.6 Å². The highest BCUT2D eigenvalue weighted by atomic mass is 16.5. The Morgan fingerprint density at radius 1 is 1.21 bits per heavy atom. The lowest BCUT2D eigenvalue weighted by atomic mass is 9.89. The van der Waals surface area contributed by atoms with Crippen LogP contribution in [0.1, 0.15) is 50.8 Å². The predicted octanol–water partition coefficient (Wildman–Crippen LogP) is 4.58. The van der Waals surface area contributed by atoms with Crippen LogP contribution in [0.3, 0.4) is 0 Å². The zero-order valence-corrected chi connectivity index (χ0v) is 17.2. The summed E-state index contributed by atoms with van der Waals surface area (Å²) in [6.07, 6.45) is 0.719. The second-order valence-electron chi connectivity index (χ2n) is 7.86. The van der Waals surface area contributed by atoms with Crippen LogP contribution in [0, 0.1) is 6.92 Å². The fourth-order valence-electron chi connectivity index (χ4n) is 3.46. The molecule has 0 bridgehead atoms. The molecule has 28 heavy (non-hydrogen) atoms. The first-order chi connectivity index (χ1) is 13.3. The first-order valence-corrected chi connectivity index (χ1v) is 9.72. The van der Waals surface area contributed by atoms with Gasteiger partial charge in [0.15, 0.2) is 6.10 Å². The van der Waals surface area contributed by atoms with Gasteiger partial charge in [-0.1, -0.05) is 24.6 Å². The third-order valence-corrected chi connectivity index (χ3v) is 4.96. The molecule has 0 fully saturated rings. The number of hydrogen-bond donors (Lipinski definition) is 1. The molecule has 150 valence electrons. The van der Waals surface area contributed by atoms with Gasteiger partial charge in [-0.3, -0.25) is 4.79 Å². The number of carbonyl (C=O) groups is 1. The van der Waals surface area contributed by atoms with E-state index in [-0.39, 0.29) is 11.9 Å². The van der Waals surface area contributed by atoms with Crippen LogP contribution in [-0.2, 0) is 4.79 Å². The smallest absolute Gasteiger partial charge is 0.261 e. The SMILES string of the molecule is CCC(Oc1ccc(C)cc1)C(=O)NC1CC(C)(C)Oc2cc(OC)ccc21. The van der Waals surface area contributed by atoms with Crippen molar-refractivity contribution in [2.24, 2.45) is 0 Å². The van der Waals surface area contributed by atoms with E-state index in [1.807, 2.05) is 70.2 Å². The van der Waals surface area contributed by atoms with Crippen molar-refractivity contribution < 1.29 is 19.0 Å². The van der Waals surface area contributed by atoms with Crippen LogP contribution in [-0.4, -0.2) is 24.7 Å². The quantitative estimate of drug-likeness (QED) is 0.793. The van der Waals surface area contributed by atoms with Crippen molar-refractivity contribution in [1.82, 2.24) is 5.32 Å². The van der Waals surface area contributed by atoms with Crippen LogP contribution < -0.4 is 19.5 Å². The van der Waals surface area contributed by atoms with Crippen LogP contribution in [0.4, 0.5) is 0 Å². The second-order valence-corrected chi connectivity index (χ2v) is 7.86. The van der Waals surface area contributed by atoms with Crippen LogP contribution in [0.15, 0.2) is 42.5 Å². The Labute approximate surface area is 167 Å². The molecule has 5 nitrogen and oxygen atoms in total. The summed E-state index contributed by atoms with van der Waals surface area (Å²) in [5.41, 5.74) is 1.72. The summed E-state index contributed by atoms with van der Waals surface area (Å²) in [6, 6.07) is 13.3. The van der Waals surface area contributed by atoms with Crippen molar-refractivity contribution in [2.75, 3.05) is 7.11 Å². The molecule has 3 rings (SSSR count). The molecule has 2 aromatic rings. The maximum atomic E-state index is 13.0. The van der Waals surface area contributed by atoms with Gasteiger partial charge < -0.3 is 19.5 Å². The molecular weight excluding hydrogens is 354 g/mol. The molecule has 1 aliphatic heterocycles. The average Bonchev–Trinajstić information content (AvgIpc) is 2.66. The molecule has 0 spiro atoms. The molecule has 2 aromatic carbocycles. The van der Waals surface area contributed by atoms with E-state index < -0.39 is 11.7 Å². The van der Waals surface area contributed by atoms with Crippen molar-refractivity contribution in [3.8, 4) is 17.2 Å². The number of benzene rings is 2. The van der Waals surface area contributed by atoms with Crippen LogP contribution in [0.2, 0.25) is 0 Å². The average molecular weight is 383 g/mol. The Balaban J connectivity index is 1.77. The highest BCUT2D eigenvalue weighted by Crippen LogP contribution is 2.41. The summed E-state index contributed by atoms with van der Waals surface area (Å²) in [4.78, 5) is 13.0. The molecule has 1 heterocycles. The fraction of sp³-hybridized carbons (Fsp3) is 0.435. The summed E-state index contributed by atoms with van der Waals surface area (Å²) in [6.45, 7) is 8.02. The van der Waals surface area contributed by atoms with Crippen LogP contribution >= 0.6 is 0 Å². The maximum Gasteiger partial charge on any atom is 0.261 e. The van der Waals surface area contributed by atoms with Gasteiger partial charge in [0.05, 0.1) is 13.2 Å². The first kappa shape index (κ1) is 20.1. The van der Waals surface area contributed by atoms with Crippen molar-refractivity contribution in [1.29, 1.82) is 0 Å². The second kappa shape index (κ2) is 8.13. The Bertz CT molecular complexity index is 829. The fourth-order valence-corrected chi connectivity index (χ4v) is 3.46. The van der Waals surface area contributed by atoms with E-state index in [4.69, 9.17) is 14.2 Å². The summed E-state index contributed by atoms with van der Waals surface area (Å²) in [7, 11) is 1.63. The number of rotatable bonds is 6. The lowest BCUT2D eigenvalue weighted by Crippen LogP contribution is -2.45. The summed E-state index contributed by atoms with van der Waals surface area (Å²) >= 11 is 0. The van der Waals surface area contributed by atoms with Crippen molar-refractivity contribution in [3.63, 3.8) is 0 Å². The minimum atomic E-state index is -0.546. The summed E-state index contributed by atoms with van der Waals surface area (Å²) in [5.74, 6) is 2.06. The van der Waals surface area contributed by atoms with Crippen LogP contribution in [0.25, 0.3) is 0 Å².